The molecule has 0 saturated carbocycles. The van der Waals surface area contributed by atoms with Crippen LogP contribution in [0.25, 0.3) is 11.1 Å². The smallest absolute Gasteiger partial charge is 0.240 e. The lowest BCUT2D eigenvalue weighted by Crippen LogP contribution is -2.46. The average Bonchev–Trinajstić information content (AvgIpc) is 3.06. The summed E-state index contributed by atoms with van der Waals surface area (Å²) in [5.74, 6) is 1.32. The van der Waals surface area contributed by atoms with Crippen LogP contribution in [0.5, 0.6) is 11.5 Å². The molecule has 1 N–H and O–H groups in total. The van der Waals surface area contributed by atoms with Gasteiger partial charge in [0.05, 0.1) is 4.90 Å². The van der Waals surface area contributed by atoms with Gasteiger partial charge in [0, 0.05) is 61.6 Å². The molecule has 1 saturated heterocycles. The molecule has 1 aliphatic rings. The molecule has 0 spiro atoms. The fourth-order valence-corrected chi connectivity index (χ4v) is 6.58. The van der Waals surface area contributed by atoms with Crippen LogP contribution in [0.2, 0.25) is 5.02 Å². The van der Waals surface area contributed by atoms with Gasteiger partial charge in [0.2, 0.25) is 10.0 Å². The van der Waals surface area contributed by atoms with E-state index in [0.717, 1.165) is 49.0 Å². The summed E-state index contributed by atoms with van der Waals surface area (Å²) < 4.78 is 34.8. The van der Waals surface area contributed by atoms with Gasteiger partial charge in [-0.05, 0) is 59.2 Å². The predicted molar refractivity (Wildman–Crippen MR) is 178 cm³/mol. The lowest BCUT2D eigenvalue weighted by atomic mass is 9.99. The largest absolute Gasteiger partial charge is 0.457 e. The molecule has 5 aromatic carbocycles. The number of nitrogens with one attached hydrogen (secondary N) is 1. The minimum atomic E-state index is -3.66. The van der Waals surface area contributed by atoms with Crippen LogP contribution in [0.4, 0.5) is 5.69 Å². The van der Waals surface area contributed by atoms with Gasteiger partial charge in [0.25, 0.3) is 0 Å². The van der Waals surface area contributed by atoms with E-state index >= 15 is 0 Å². The van der Waals surface area contributed by atoms with Crippen molar-refractivity contribution in [2.45, 2.75) is 18.0 Å². The summed E-state index contributed by atoms with van der Waals surface area (Å²) in [7, 11) is -3.66. The number of benzene rings is 5. The number of rotatable bonds is 10. The number of nitrogens with zero attached hydrogens (tertiary/aromatic N) is 2. The van der Waals surface area contributed by atoms with Crippen LogP contribution in [0.1, 0.15) is 11.1 Å². The summed E-state index contributed by atoms with van der Waals surface area (Å²) in [6, 6.07) is 40.6. The van der Waals surface area contributed by atoms with Gasteiger partial charge in [0.15, 0.2) is 0 Å². The molecule has 1 fully saturated rings. The second-order valence-corrected chi connectivity index (χ2v) is 13.0. The van der Waals surface area contributed by atoms with Crippen molar-refractivity contribution in [3.8, 4) is 22.6 Å². The molecule has 224 valence electrons. The van der Waals surface area contributed by atoms with E-state index in [1.165, 1.54) is 16.7 Å². The molecule has 8 heteroatoms. The zero-order chi connectivity index (χ0) is 30.4. The van der Waals surface area contributed by atoms with E-state index in [1.807, 2.05) is 54.6 Å². The Morgan fingerprint density at radius 3 is 2.09 bits per heavy atom. The average molecular weight is 624 g/mol. The van der Waals surface area contributed by atoms with Crippen LogP contribution < -0.4 is 14.4 Å². The van der Waals surface area contributed by atoms with Crippen molar-refractivity contribution in [1.29, 1.82) is 0 Å². The fraction of sp³-hybridized carbons (Fsp3) is 0.167. The van der Waals surface area contributed by atoms with Crippen molar-refractivity contribution < 1.29 is 13.2 Å². The zero-order valence-corrected chi connectivity index (χ0v) is 25.8. The number of sulfonamides is 1. The predicted octanol–water partition coefficient (Wildman–Crippen LogP) is 7.60. The maximum atomic E-state index is 12.9. The molecule has 0 aliphatic carbocycles. The number of hydrogen-bond donors (Lipinski definition) is 1. The topological polar surface area (TPSA) is 61.9 Å². The van der Waals surface area contributed by atoms with Crippen LogP contribution in [-0.2, 0) is 23.1 Å². The van der Waals surface area contributed by atoms with Crippen molar-refractivity contribution in [2.75, 3.05) is 31.1 Å². The lowest BCUT2D eigenvalue weighted by Gasteiger charge is -2.36. The van der Waals surface area contributed by atoms with Crippen molar-refractivity contribution in [2.24, 2.45) is 0 Å². The molecule has 0 aromatic heterocycles. The van der Waals surface area contributed by atoms with Gasteiger partial charge in [-0.3, -0.25) is 4.90 Å². The second-order valence-electron chi connectivity index (χ2n) is 10.8. The van der Waals surface area contributed by atoms with Gasteiger partial charge in [-0.15, -0.1) is 0 Å². The number of para-hydroxylation sites is 1. The molecule has 1 aliphatic heterocycles. The third-order valence-corrected chi connectivity index (χ3v) is 9.50. The Hall–Kier alpha value is -4.14. The molecular formula is C36H34ClN3O3S. The number of ether oxygens (including phenoxy) is 1. The molecule has 0 amide bonds. The quantitative estimate of drug-likeness (QED) is 0.174. The Bertz CT molecular complexity index is 1790. The van der Waals surface area contributed by atoms with Crippen molar-refractivity contribution in [1.82, 2.24) is 9.62 Å². The first-order valence-corrected chi connectivity index (χ1v) is 16.5. The van der Waals surface area contributed by atoms with Gasteiger partial charge in [-0.1, -0.05) is 90.5 Å². The monoisotopic (exact) mass is 623 g/mol. The first-order valence-electron chi connectivity index (χ1n) is 14.7. The first-order chi connectivity index (χ1) is 21.4. The molecule has 44 heavy (non-hydrogen) atoms. The number of hydrogen-bond acceptors (Lipinski definition) is 5. The Balaban J connectivity index is 1.16. The second kappa shape index (κ2) is 13.7. The number of anilines is 1. The van der Waals surface area contributed by atoms with Gasteiger partial charge >= 0.3 is 0 Å². The van der Waals surface area contributed by atoms with Crippen molar-refractivity contribution in [3.05, 3.63) is 144 Å². The van der Waals surface area contributed by atoms with E-state index in [9.17, 15) is 8.42 Å². The lowest BCUT2D eigenvalue weighted by molar-refractivity contribution is 0.250. The molecule has 6 nitrogen and oxygen atoms in total. The van der Waals surface area contributed by atoms with E-state index < -0.39 is 10.0 Å². The molecule has 5 aromatic rings. The van der Waals surface area contributed by atoms with Crippen molar-refractivity contribution in [3.63, 3.8) is 0 Å². The number of halogens is 1. The van der Waals surface area contributed by atoms with E-state index in [2.05, 4.69) is 57.0 Å². The van der Waals surface area contributed by atoms with Crippen LogP contribution in [-0.4, -0.2) is 39.5 Å². The SMILES string of the molecule is O=S(=O)(NCc1ccc(N2CCN(Cc3ccccc3-c3ccc(Cl)cc3)CC2)cc1Oc1ccccc1)c1ccccc1. The maximum absolute atomic E-state index is 12.9. The Morgan fingerprint density at radius 1 is 0.705 bits per heavy atom. The highest BCUT2D eigenvalue weighted by Gasteiger charge is 2.21. The van der Waals surface area contributed by atoms with E-state index in [1.54, 1.807) is 30.3 Å². The standard InChI is InChI=1S/C36H34ClN3O3S/c37-31-18-15-28(16-19-31)35-14-8-7-9-30(35)27-39-21-23-40(24-22-39)32-20-17-29(36(25-32)43-33-10-3-1-4-11-33)26-38-44(41,42)34-12-5-2-6-13-34/h1-20,25,38H,21-24,26-27H2. The molecule has 0 radical (unpaired) electrons. The van der Waals surface area contributed by atoms with E-state index in [4.69, 9.17) is 16.3 Å². The van der Waals surface area contributed by atoms with Gasteiger partial charge < -0.3 is 9.64 Å². The van der Waals surface area contributed by atoms with Crippen molar-refractivity contribution >= 4 is 27.3 Å². The molecular weight excluding hydrogens is 590 g/mol. The zero-order valence-electron chi connectivity index (χ0n) is 24.3. The Kier molecular flexibility index (Phi) is 9.28. The summed E-state index contributed by atoms with van der Waals surface area (Å²) in [5, 5.41) is 0.737. The highest BCUT2D eigenvalue weighted by molar-refractivity contribution is 7.89. The van der Waals surface area contributed by atoms with Gasteiger partial charge in [-0.25, -0.2) is 13.1 Å². The van der Waals surface area contributed by atoms with Crippen LogP contribution in [0, 0.1) is 0 Å². The minimum absolute atomic E-state index is 0.112. The molecule has 0 unspecified atom stereocenters. The van der Waals surface area contributed by atoms with E-state index in [-0.39, 0.29) is 11.4 Å². The van der Waals surface area contributed by atoms with Crippen LogP contribution in [0.3, 0.4) is 0 Å². The fourth-order valence-electron chi connectivity index (χ4n) is 5.43. The number of piperazine rings is 1. The molecule has 1 heterocycles. The third-order valence-electron chi connectivity index (χ3n) is 7.83. The molecule has 6 rings (SSSR count). The van der Waals surface area contributed by atoms with E-state index in [0.29, 0.717) is 11.5 Å². The van der Waals surface area contributed by atoms with Crippen LogP contribution >= 0.6 is 11.6 Å². The Morgan fingerprint density at radius 2 is 1.36 bits per heavy atom. The minimum Gasteiger partial charge on any atom is -0.457 e. The summed E-state index contributed by atoms with van der Waals surface area (Å²) in [4.78, 5) is 5.08. The van der Waals surface area contributed by atoms with Crippen LogP contribution in [0.15, 0.2) is 132 Å². The summed E-state index contributed by atoms with van der Waals surface area (Å²) in [6.07, 6.45) is 0. The first kappa shape index (κ1) is 29.9. The van der Waals surface area contributed by atoms with Gasteiger partial charge in [-0.2, -0.15) is 0 Å². The molecule has 0 bridgehead atoms. The third kappa shape index (κ3) is 7.31. The van der Waals surface area contributed by atoms with Gasteiger partial charge in [0.1, 0.15) is 11.5 Å². The normalized spacial score (nSPS) is 14.0. The Labute approximate surface area is 264 Å². The summed E-state index contributed by atoms with van der Waals surface area (Å²) >= 11 is 6.13. The maximum Gasteiger partial charge on any atom is 0.240 e. The summed E-state index contributed by atoms with van der Waals surface area (Å²) in [5.41, 5.74) is 5.50. The highest BCUT2D eigenvalue weighted by Crippen LogP contribution is 2.32. The highest BCUT2D eigenvalue weighted by atomic mass is 35.5. The summed E-state index contributed by atoms with van der Waals surface area (Å²) in [6.45, 7) is 4.56. The molecule has 0 atom stereocenters.